The van der Waals surface area contributed by atoms with Gasteiger partial charge in [-0.2, -0.15) is 0 Å². The largest absolute Gasteiger partial charge is 0.0851 e. The number of hydrogen-bond donors (Lipinski definition) is 0. The average Bonchev–Trinajstić information content (AvgIpc) is 2.63. The van der Waals surface area contributed by atoms with Crippen molar-refractivity contribution in [3.05, 3.63) is 12.2 Å². The van der Waals surface area contributed by atoms with Gasteiger partial charge in [-0.15, -0.1) is 0 Å². The van der Waals surface area contributed by atoms with Crippen molar-refractivity contribution in [2.45, 2.75) is 141 Å². The van der Waals surface area contributed by atoms with Crippen LogP contribution in [-0.2, 0) is 0 Å². The summed E-state index contributed by atoms with van der Waals surface area (Å²) in [6.45, 7) is 0. The molecule has 0 bridgehead atoms. The fourth-order valence-electron chi connectivity index (χ4n) is 5.09. The van der Waals surface area contributed by atoms with Gasteiger partial charge in [0, 0.05) is 0 Å². The lowest BCUT2D eigenvalue weighted by Crippen LogP contribution is -2.02. The maximum atomic E-state index is 2.68. The molecule has 0 saturated heterocycles. The highest BCUT2D eigenvalue weighted by atomic mass is 14.2. The first-order valence-corrected chi connectivity index (χ1v) is 12.6. The molecule has 0 heterocycles. The zero-order chi connectivity index (χ0) is 18.1. The Morgan fingerprint density at radius 2 is 0.462 bits per heavy atom. The fraction of sp³-hybridized carbons (Fsp3) is 0.923. The van der Waals surface area contributed by atoms with Gasteiger partial charge < -0.3 is 0 Å². The summed E-state index contributed by atoms with van der Waals surface area (Å²) in [4.78, 5) is 0. The van der Waals surface area contributed by atoms with E-state index >= 15 is 0 Å². The maximum absolute atomic E-state index is 2.68. The minimum atomic E-state index is 0.885. The van der Waals surface area contributed by atoms with Crippen LogP contribution in [0.1, 0.15) is 141 Å². The molecule has 0 N–H and O–H groups in total. The fourth-order valence-corrected chi connectivity index (χ4v) is 5.09. The lowest BCUT2D eigenvalue weighted by atomic mass is 9.89. The van der Waals surface area contributed by atoms with Crippen LogP contribution in [0.5, 0.6) is 0 Å². The summed E-state index contributed by atoms with van der Waals surface area (Å²) < 4.78 is 0. The Labute approximate surface area is 165 Å². The second-order valence-corrected chi connectivity index (χ2v) is 9.42. The van der Waals surface area contributed by atoms with Crippen LogP contribution < -0.4 is 0 Å². The molecular formula is C26H48. The summed E-state index contributed by atoms with van der Waals surface area (Å²) >= 11 is 0. The summed E-state index contributed by atoms with van der Waals surface area (Å²) in [5, 5.41) is 0. The van der Waals surface area contributed by atoms with E-state index in [1.807, 2.05) is 0 Å². The average molecular weight is 361 g/mol. The number of allylic oxidation sites excluding steroid dienone is 2. The first-order valence-electron chi connectivity index (χ1n) is 12.6. The van der Waals surface area contributed by atoms with Gasteiger partial charge in [-0.05, 0) is 37.5 Å². The SMILES string of the molecule is C(=CC1CCCCCCCCCCC1)C1CCCCCCCCCCC1. The Balaban J connectivity index is 1.78. The zero-order valence-electron chi connectivity index (χ0n) is 17.9. The highest BCUT2D eigenvalue weighted by Crippen LogP contribution is 2.26. The van der Waals surface area contributed by atoms with Gasteiger partial charge in [0.25, 0.3) is 0 Å². The molecule has 0 atom stereocenters. The highest BCUT2D eigenvalue weighted by Gasteiger charge is 2.10. The summed E-state index contributed by atoms with van der Waals surface area (Å²) in [5.41, 5.74) is 0. The van der Waals surface area contributed by atoms with Gasteiger partial charge >= 0.3 is 0 Å². The van der Waals surface area contributed by atoms with E-state index in [1.54, 1.807) is 0 Å². The molecule has 2 rings (SSSR count). The lowest BCUT2D eigenvalue weighted by Gasteiger charge is -2.17. The van der Waals surface area contributed by atoms with E-state index in [0.29, 0.717) is 0 Å². The van der Waals surface area contributed by atoms with Gasteiger partial charge in [-0.3, -0.25) is 0 Å². The maximum Gasteiger partial charge on any atom is -0.0233 e. The summed E-state index contributed by atoms with van der Waals surface area (Å²) in [6, 6.07) is 0. The molecule has 2 fully saturated rings. The molecule has 0 spiro atoms. The standard InChI is InChI=1S/C26H48/c1-3-7-11-15-19-25(20-16-12-8-4-1)23-24-26-21-17-13-9-5-2-6-10-14-18-22-26/h23-26H,1-22H2. The molecule has 0 aromatic carbocycles. The van der Waals surface area contributed by atoms with Crippen LogP contribution in [0.3, 0.4) is 0 Å². The van der Waals surface area contributed by atoms with Crippen molar-refractivity contribution in [3.63, 3.8) is 0 Å². The predicted molar refractivity (Wildman–Crippen MR) is 118 cm³/mol. The topological polar surface area (TPSA) is 0 Å². The molecule has 0 amide bonds. The van der Waals surface area contributed by atoms with Crippen molar-refractivity contribution >= 4 is 0 Å². The summed E-state index contributed by atoms with van der Waals surface area (Å²) in [5.74, 6) is 1.77. The normalized spacial score (nSPS) is 25.7. The molecular weight excluding hydrogens is 312 g/mol. The molecule has 0 aromatic heterocycles. The predicted octanol–water partition coefficient (Wildman–Crippen LogP) is 9.38. The molecule has 0 heteroatoms. The van der Waals surface area contributed by atoms with Crippen molar-refractivity contribution in [1.29, 1.82) is 0 Å². The van der Waals surface area contributed by atoms with E-state index in [-0.39, 0.29) is 0 Å². The monoisotopic (exact) mass is 360 g/mol. The second-order valence-electron chi connectivity index (χ2n) is 9.42. The zero-order valence-corrected chi connectivity index (χ0v) is 17.9. The first kappa shape index (κ1) is 22.0. The van der Waals surface area contributed by atoms with Gasteiger partial charge in [0.15, 0.2) is 0 Å². The third-order valence-corrected chi connectivity index (χ3v) is 6.96. The van der Waals surface area contributed by atoms with Crippen molar-refractivity contribution in [2.24, 2.45) is 11.8 Å². The van der Waals surface area contributed by atoms with E-state index in [9.17, 15) is 0 Å². The Morgan fingerprint density at radius 3 is 0.692 bits per heavy atom. The quantitative estimate of drug-likeness (QED) is 0.430. The van der Waals surface area contributed by atoms with Crippen LogP contribution in [0.15, 0.2) is 12.2 Å². The molecule has 0 nitrogen and oxygen atoms in total. The molecule has 2 saturated carbocycles. The Bertz CT molecular complexity index is 273. The van der Waals surface area contributed by atoms with E-state index in [4.69, 9.17) is 0 Å². The van der Waals surface area contributed by atoms with Gasteiger partial charge in [0.2, 0.25) is 0 Å². The third kappa shape index (κ3) is 11.5. The van der Waals surface area contributed by atoms with E-state index < -0.39 is 0 Å². The Kier molecular flexibility index (Phi) is 13.4. The van der Waals surface area contributed by atoms with Crippen molar-refractivity contribution in [2.75, 3.05) is 0 Å². The molecule has 2 aliphatic carbocycles. The van der Waals surface area contributed by atoms with Crippen LogP contribution in [0, 0.1) is 11.8 Å². The van der Waals surface area contributed by atoms with E-state index in [2.05, 4.69) is 12.2 Å². The molecule has 2 aliphatic rings. The van der Waals surface area contributed by atoms with Crippen LogP contribution in [0.25, 0.3) is 0 Å². The smallest absolute Gasteiger partial charge is 0.0233 e. The van der Waals surface area contributed by atoms with Crippen molar-refractivity contribution in [1.82, 2.24) is 0 Å². The Morgan fingerprint density at radius 1 is 0.269 bits per heavy atom. The number of rotatable bonds is 2. The minimum absolute atomic E-state index is 0.885. The summed E-state index contributed by atoms with van der Waals surface area (Å²) in [6.07, 6.45) is 37.9. The van der Waals surface area contributed by atoms with Gasteiger partial charge in [-0.1, -0.05) is 128 Å². The lowest BCUT2D eigenvalue weighted by molar-refractivity contribution is 0.434. The van der Waals surface area contributed by atoms with E-state index in [0.717, 1.165) is 11.8 Å². The molecule has 0 unspecified atom stereocenters. The van der Waals surface area contributed by atoms with E-state index in [1.165, 1.54) is 141 Å². The minimum Gasteiger partial charge on any atom is -0.0851 e. The van der Waals surface area contributed by atoms with Gasteiger partial charge in [0.1, 0.15) is 0 Å². The van der Waals surface area contributed by atoms with Crippen LogP contribution in [-0.4, -0.2) is 0 Å². The van der Waals surface area contributed by atoms with Crippen molar-refractivity contribution in [3.8, 4) is 0 Å². The van der Waals surface area contributed by atoms with Gasteiger partial charge in [0.05, 0.1) is 0 Å². The van der Waals surface area contributed by atoms with Crippen LogP contribution >= 0.6 is 0 Å². The van der Waals surface area contributed by atoms with Crippen LogP contribution in [0.2, 0.25) is 0 Å². The second kappa shape index (κ2) is 15.8. The molecule has 0 radical (unpaired) electrons. The summed E-state index contributed by atoms with van der Waals surface area (Å²) in [7, 11) is 0. The number of hydrogen-bond acceptors (Lipinski definition) is 0. The molecule has 26 heavy (non-hydrogen) atoms. The molecule has 152 valence electrons. The van der Waals surface area contributed by atoms with Crippen LogP contribution in [0.4, 0.5) is 0 Å². The molecule has 0 aromatic rings. The third-order valence-electron chi connectivity index (χ3n) is 6.96. The van der Waals surface area contributed by atoms with Gasteiger partial charge in [-0.25, -0.2) is 0 Å². The first-order chi connectivity index (χ1) is 12.9. The van der Waals surface area contributed by atoms with Crippen molar-refractivity contribution < 1.29 is 0 Å². The Hall–Kier alpha value is -0.260. The molecule has 0 aliphatic heterocycles. The highest BCUT2D eigenvalue weighted by molar-refractivity contribution is 4.93.